The highest BCUT2D eigenvalue weighted by Crippen LogP contribution is 2.29. The van der Waals surface area contributed by atoms with Crippen LogP contribution >= 0.6 is 0 Å². The van der Waals surface area contributed by atoms with Crippen molar-refractivity contribution in [1.82, 2.24) is 10.6 Å². The van der Waals surface area contributed by atoms with E-state index in [4.69, 9.17) is 9.47 Å². The monoisotopic (exact) mass is 365 g/mol. The largest absolute Gasteiger partial charge is 0.467 e. The molecule has 1 aliphatic heterocycles. The Morgan fingerprint density at radius 2 is 2.08 bits per heavy atom. The zero-order valence-electron chi connectivity index (χ0n) is 16.4. The second-order valence-corrected chi connectivity index (χ2v) is 7.28. The van der Waals surface area contributed by atoms with E-state index in [0.29, 0.717) is 25.6 Å². The van der Waals surface area contributed by atoms with Gasteiger partial charge in [0.1, 0.15) is 11.6 Å². The Hall–Kier alpha value is -1.82. The highest BCUT2D eigenvalue weighted by Gasteiger charge is 2.17. The van der Waals surface area contributed by atoms with Crippen LogP contribution < -0.4 is 15.4 Å². The van der Waals surface area contributed by atoms with Crippen molar-refractivity contribution in [2.45, 2.75) is 59.1 Å². The molecule has 0 aliphatic carbocycles. The van der Waals surface area contributed by atoms with Crippen LogP contribution in [0, 0.1) is 11.7 Å². The fourth-order valence-electron chi connectivity index (χ4n) is 3.09. The average molecular weight is 365 g/mol. The first-order valence-corrected chi connectivity index (χ1v) is 9.48. The van der Waals surface area contributed by atoms with E-state index >= 15 is 0 Å². The zero-order chi connectivity index (χ0) is 18.9. The summed E-state index contributed by atoms with van der Waals surface area (Å²) in [7, 11) is 1.76. The van der Waals surface area contributed by atoms with Gasteiger partial charge in [0, 0.05) is 25.2 Å². The molecule has 0 bridgehead atoms. The number of nitrogens with one attached hydrogen (secondary N) is 2. The number of benzene rings is 1. The van der Waals surface area contributed by atoms with Gasteiger partial charge in [-0.05, 0) is 43.4 Å². The minimum absolute atomic E-state index is 0.218. The number of nitrogens with zero attached hydrogens (tertiary/aromatic N) is 1. The lowest BCUT2D eigenvalue weighted by Gasteiger charge is -2.21. The van der Waals surface area contributed by atoms with E-state index in [0.717, 1.165) is 35.2 Å². The lowest BCUT2D eigenvalue weighted by molar-refractivity contribution is -0.0172. The predicted octanol–water partition coefficient (Wildman–Crippen LogP) is 3.61. The predicted molar refractivity (Wildman–Crippen MR) is 103 cm³/mol. The Morgan fingerprint density at radius 1 is 1.27 bits per heavy atom. The standard InChI is InChI=1S/C20H32FN3O2/c1-14(2)6-5-7-15(3)24-20(22-4)23-9-8-16-10-18(21)11-17-12-25-13-26-19(16)17/h10-11,14-15H,5-9,12-13H2,1-4H3,(H2,22,23,24). The number of rotatable bonds is 8. The zero-order valence-corrected chi connectivity index (χ0v) is 16.4. The molecule has 0 spiro atoms. The van der Waals surface area contributed by atoms with Crippen LogP contribution in [-0.2, 0) is 17.8 Å². The third-order valence-corrected chi connectivity index (χ3v) is 4.46. The van der Waals surface area contributed by atoms with Gasteiger partial charge in [0.2, 0.25) is 0 Å². The number of guanidine groups is 1. The molecule has 0 aromatic heterocycles. The lowest BCUT2D eigenvalue weighted by atomic mass is 10.0. The van der Waals surface area contributed by atoms with E-state index in [2.05, 4.69) is 36.4 Å². The summed E-state index contributed by atoms with van der Waals surface area (Å²) < 4.78 is 24.6. The van der Waals surface area contributed by atoms with Gasteiger partial charge >= 0.3 is 0 Å². The van der Waals surface area contributed by atoms with E-state index in [-0.39, 0.29) is 12.6 Å². The molecule has 0 fully saturated rings. The molecule has 2 rings (SSSR count). The summed E-state index contributed by atoms with van der Waals surface area (Å²) >= 11 is 0. The van der Waals surface area contributed by atoms with Crippen LogP contribution in [0.5, 0.6) is 5.75 Å². The van der Waals surface area contributed by atoms with Crippen molar-refractivity contribution >= 4 is 5.96 Å². The fraction of sp³-hybridized carbons (Fsp3) is 0.650. The molecule has 0 saturated heterocycles. The van der Waals surface area contributed by atoms with Gasteiger partial charge < -0.3 is 20.1 Å². The summed E-state index contributed by atoms with van der Waals surface area (Å²) in [5.41, 5.74) is 1.63. The molecule has 6 heteroatoms. The average Bonchev–Trinajstić information content (AvgIpc) is 2.60. The van der Waals surface area contributed by atoms with E-state index in [1.807, 2.05) is 0 Å². The van der Waals surface area contributed by atoms with Crippen molar-refractivity contribution in [2.24, 2.45) is 10.9 Å². The summed E-state index contributed by atoms with van der Waals surface area (Å²) in [6.07, 6.45) is 4.22. The smallest absolute Gasteiger partial charge is 0.191 e. The van der Waals surface area contributed by atoms with Gasteiger partial charge in [-0.15, -0.1) is 0 Å². The fourth-order valence-corrected chi connectivity index (χ4v) is 3.09. The maximum absolute atomic E-state index is 13.8. The highest BCUT2D eigenvalue weighted by atomic mass is 19.1. The van der Waals surface area contributed by atoms with Gasteiger partial charge in [0.25, 0.3) is 0 Å². The number of halogens is 1. The van der Waals surface area contributed by atoms with E-state index in [1.165, 1.54) is 25.0 Å². The number of fused-ring (bicyclic) bond motifs is 1. The summed E-state index contributed by atoms with van der Waals surface area (Å²) in [6.45, 7) is 7.93. The van der Waals surface area contributed by atoms with Crippen molar-refractivity contribution in [3.63, 3.8) is 0 Å². The molecule has 1 aromatic carbocycles. The van der Waals surface area contributed by atoms with Crippen LogP contribution in [-0.4, -0.2) is 32.4 Å². The molecule has 1 unspecified atom stereocenters. The van der Waals surface area contributed by atoms with Crippen LogP contribution in [0.2, 0.25) is 0 Å². The normalized spacial score (nSPS) is 15.4. The molecule has 1 atom stereocenters. The van der Waals surface area contributed by atoms with Gasteiger partial charge in [-0.1, -0.05) is 26.7 Å². The molecule has 1 aromatic rings. The lowest BCUT2D eigenvalue weighted by Crippen LogP contribution is -2.42. The molecule has 1 heterocycles. The van der Waals surface area contributed by atoms with Crippen LogP contribution in [0.25, 0.3) is 0 Å². The van der Waals surface area contributed by atoms with Gasteiger partial charge in [-0.25, -0.2) is 4.39 Å². The van der Waals surface area contributed by atoms with E-state index in [9.17, 15) is 4.39 Å². The first kappa shape index (κ1) is 20.5. The maximum Gasteiger partial charge on any atom is 0.191 e. The summed E-state index contributed by atoms with van der Waals surface area (Å²) in [5.74, 6) is 2.01. The van der Waals surface area contributed by atoms with Crippen molar-refractivity contribution in [1.29, 1.82) is 0 Å². The summed E-state index contributed by atoms with van der Waals surface area (Å²) in [6, 6.07) is 3.38. The molecular weight excluding hydrogens is 333 g/mol. The van der Waals surface area contributed by atoms with Gasteiger partial charge in [0.05, 0.1) is 6.61 Å². The van der Waals surface area contributed by atoms with Crippen LogP contribution in [0.15, 0.2) is 17.1 Å². The van der Waals surface area contributed by atoms with Gasteiger partial charge in [-0.3, -0.25) is 4.99 Å². The third-order valence-electron chi connectivity index (χ3n) is 4.46. The Kier molecular flexibility index (Phi) is 8.16. The first-order chi connectivity index (χ1) is 12.5. The minimum Gasteiger partial charge on any atom is -0.467 e. The number of hydrogen-bond donors (Lipinski definition) is 2. The number of aliphatic imine (C=N–C) groups is 1. The summed E-state index contributed by atoms with van der Waals surface area (Å²) in [5, 5.41) is 6.72. The maximum atomic E-state index is 13.8. The Morgan fingerprint density at radius 3 is 2.81 bits per heavy atom. The number of hydrogen-bond acceptors (Lipinski definition) is 3. The molecule has 26 heavy (non-hydrogen) atoms. The van der Waals surface area contributed by atoms with Crippen LogP contribution in [0.4, 0.5) is 4.39 Å². The molecule has 2 N–H and O–H groups in total. The second-order valence-electron chi connectivity index (χ2n) is 7.28. The van der Waals surface area contributed by atoms with Crippen molar-refractivity contribution < 1.29 is 13.9 Å². The van der Waals surface area contributed by atoms with Crippen molar-refractivity contribution in [2.75, 3.05) is 20.4 Å². The molecule has 0 amide bonds. The van der Waals surface area contributed by atoms with Crippen LogP contribution in [0.3, 0.4) is 0 Å². The number of ether oxygens (including phenoxy) is 2. The van der Waals surface area contributed by atoms with E-state index < -0.39 is 0 Å². The molecule has 0 saturated carbocycles. The van der Waals surface area contributed by atoms with Gasteiger partial charge in [0.15, 0.2) is 12.8 Å². The van der Waals surface area contributed by atoms with Gasteiger partial charge in [-0.2, -0.15) is 0 Å². The molecule has 0 radical (unpaired) electrons. The Labute approximate surface area is 156 Å². The highest BCUT2D eigenvalue weighted by molar-refractivity contribution is 5.79. The topological polar surface area (TPSA) is 54.9 Å². The van der Waals surface area contributed by atoms with E-state index in [1.54, 1.807) is 7.05 Å². The Balaban J connectivity index is 1.81. The molecular formula is C20H32FN3O2. The second kappa shape index (κ2) is 10.4. The van der Waals surface area contributed by atoms with Crippen molar-refractivity contribution in [3.05, 3.63) is 29.1 Å². The molecule has 1 aliphatic rings. The molecule has 146 valence electrons. The minimum atomic E-state index is -0.255. The quantitative estimate of drug-likeness (QED) is 0.546. The molecule has 5 nitrogen and oxygen atoms in total. The third kappa shape index (κ3) is 6.48. The summed E-state index contributed by atoms with van der Waals surface area (Å²) in [4.78, 5) is 4.28. The van der Waals surface area contributed by atoms with Crippen LogP contribution in [0.1, 0.15) is 51.2 Å². The van der Waals surface area contributed by atoms with Crippen molar-refractivity contribution in [3.8, 4) is 5.75 Å². The Bertz CT molecular complexity index is 605. The SMILES string of the molecule is CN=C(NCCc1cc(F)cc2c1OCOC2)NC(C)CCCC(C)C. The first-order valence-electron chi connectivity index (χ1n) is 9.48.